The van der Waals surface area contributed by atoms with Gasteiger partial charge in [0, 0.05) is 36.8 Å². The van der Waals surface area contributed by atoms with E-state index in [9.17, 15) is 13.2 Å². The quantitative estimate of drug-likeness (QED) is 0.683. The molecule has 1 amide bonds. The summed E-state index contributed by atoms with van der Waals surface area (Å²) >= 11 is 5.95. The van der Waals surface area contributed by atoms with Crippen LogP contribution in [0.1, 0.15) is 27.2 Å². The summed E-state index contributed by atoms with van der Waals surface area (Å²) in [6, 6.07) is 4.17. The van der Waals surface area contributed by atoms with Crippen molar-refractivity contribution in [1.82, 2.24) is 19.6 Å². The third kappa shape index (κ3) is 3.96. The molecule has 4 heterocycles. The molecule has 2 aromatic rings. The number of piperidine rings is 1. The number of carbonyl (C=O) groups excluding carboxylic acids is 1. The number of aromatic nitrogens is 2. The van der Waals surface area contributed by atoms with Crippen molar-refractivity contribution in [2.75, 3.05) is 17.4 Å². The average molecular weight is 440 g/mol. The molecule has 2 fully saturated rings. The van der Waals surface area contributed by atoms with Crippen LogP contribution in [0.2, 0.25) is 5.15 Å². The first-order chi connectivity index (χ1) is 13.5. The fourth-order valence-electron chi connectivity index (χ4n) is 3.62. The Balaban J connectivity index is 1.66. The van der Waals surface area contributed by atoms with Gasteiger partial charge in [0.15, 0.2) is 0 Å². The molecule has 0 aromatic carbocycles. The smallest absolute Gasteiger partial charge is 0.410 e. The molecule has 2 atom stereocenters. The number of likely N-dealkylation sites (tertiary alicyclic amines) is 1. The normalized spacial score (nSPS) is 23.9. The summed E-state index contributed by atoms with van der Waals surface area (Å²) in [6.45, 7) is 6.01. The molecule has 1 N–H and O–H groups in total. The fraction of sp³-hybridized carbons (Fsp3) is 0.500. The van der Waals surface area contributed by atoms with E-state index in [0.717, 1.165) is 5.39 Å². The lowest BCUT2D eigenvalue weighted by molar-refractivity contribution is 0.0192. The molecule has 9 nitrogen and oxygen atoms in total. The van der Waals surface area contributed by atoms with Gasteiger partial charge in [-0.2, -0.15) is 13.1 Å². The van der Waals surface area contributed by atoms with Crippen molar-refractivity contribution < 1.29 is 17.9 Å². The largest absolute Gasteiger partial charge is 0.444 e. The molecule has 0 bridgehead atoms. The van der Waals surface area contributed by atoms with Crippen LogP contribution in [0.25, 0.3) is 10.9 Å². The van der Waals surface area contributed by atoms with E-state index in [4.69, 9.17) is 16.3 Å². The molecule has 2 unspecified atom stereocenters. The molecule has 11 heteroatoms. The van der Waals surface area contributed by atoms with Gasteiger partial charge in [0.05, 0.1) is 11.6 Å². The van der Waals surface area contributed by atoms with Gasteiger partial charge >= 0.3 is 16.3 Å². The Kier molecular flexibility index (Phi) is 4.83. The van der Waals surface area contributed by atoms with Gasteiger partial charge in [-0.1, -0.05) is 11.6 Å². The van der Waals surface area contributed by atoms with E-state index in [1.54, 1.807) is 50.1 Å². The highest BCUT2D eigenvalue weighted by atomic mass is 35.5. The topological polar surface area (TPSA) is 105 Å². The second kappa shape index (κ2) is 6.96. The van der Waals surface area contributed by atoms with E-state index in [-0.39, 0.29) is 23.6 Å². The zero-order chi connectivity index (χ0) is 21.0. The van der Waals surface area contributed by atoms with E-state index >= 15 is 0 Å². The number of amides is 1. The van der Waals surface area contributed by atoms with Crippen molar-refractivity contribution in [3.8, 4) is 0 Å². The van der Waals surface area contributed by atoms with Crippen LogP contribution in [0.3, 0.4) is 0 Å². The second-order valence-corrected chi connectivity index (χ2v) is 10.1. The first kappa shape index (κ1) is 20.1. The van der Waals surface area contributed by atoms with Crippen molar-refractivity contribution in [1.29, 1.82) is 0 Å². The Morgan fingerprint density at radius 2 is 2.10 bits per heavy atom. The predicted octanol–water partition coefficient (Wildman–Crippen LogP) is 2.32. The van der Waals surface area contributed by atoms with Crippen LogP contribution in [0.15, 0.2) is 24.4 Å². The van der Waals surface area contributed by atoms with Crippen molar-refractivity contribution >= 4 is 44.6 Å². The number of fused-ring (bicyclic) bond motifs is 2. The highest BCUT2D eigenvalue weighted by molar-refractivity contribution is 7.91. The number of anilines is 1. The van der Waals surface area contributed by atoms with Crippen LogP contribution in [-0.2, 0) is 14.9 Å². The fourth-order valence-corrected chi connectivity index (χ4v) is 5.46. The highest BCUT2D eigenvalue weighted by Gasteiger charge is 2.49. The van der Waals surface area contributed by atoms with Gasteiger partial charge in [-0.25, -0.2) is 19.1 Å². The van der Waals surface area contributed by atoms with Gasteiger partial charge in [0.25, 0.3) is 0 Å². The Morgan fingerprint density at radius 1 is 1.34 bits per heavy atom. The second-order valence-electron chi connectivity index (χ2n) is 8.18. The van der Waals surface area contributed by atoms with Crippen molar-refractivity contribution in [2.24, 2.45) is 0 Å². The summed E-state index contributed by atoms with van der Waals surface area (Å²) < 4.78 is 35.1. The van der Waals surface area contributed by atoms with E-state index in [0.29, 0.717) is 18.5 Å². The van der Waals surface area contributed by atoms with Crippen LogP contribution in [0.4, 0.5) is 10.6 Å². The molecule has 0 saturated carbocycles. The minimum Gasteiger partial charge on any atom is -0.444 e. The van der Waals surface area contributed by atoms with Crippen LogP contribution in [-0.4, -0.2) is 60.2 Å². The van der Waals surface area contributed by atoms with Crippen LogP contribution in [0, 0.1) is 0 Å². The number of ether oxygens (including phenoxy) is 1. The van der Waals surface area contributed by atoms with Crippen molar-refractivity contribution in [3.05, 3.63) is 29.5 Å². The zero-order valence-electron chi connectivity index (χ0n) is 16.3. The molecule has 0 radical (unpaired) electrons. The summed E-state index contributed by atoms with van der Waals surface area (Å²) in [5.41, 5.74) is -0.0816. The minimum atomic E-state index is -3.79. The lowest BCUT2D eigenvalue weighted by Gasteiger charge is -2.37. The van der Waals surface area contributed by atoms with Crippen LogP contribution in [0.5, 0.6) is 0 Å². The van der Waals surface area contributed by atoms with Gasteiger partial charge in [0.2, 0.25) is 0 Å². The summed E-state index contributed by atoms with van der Waals surface area (Å²) in [5, 5.41) is 1.02. The third-order valence-electron chi connectivity index (χ3n) is 4.85. The number of hydrogen-bond acceptors (Lipinski definition) is 6. The molecular weight excluding hydrogens is 418 g/mol. The Hall–Kier alpha value is -2.17. The van der Waals surface area contributed by atoms with E-state index in [2.05, 4.69) is 14.7 Å². The maximum atomic E-state index is 12.8. The molecule has 2 saturated heterocycles. The third-order valence-corrected chi connectivity index (χ3v) is 6.63. The highest BCUT2D eigenvalue weighted by Crippen LogP contribution is 2.32. The van der Waals surface area contributed by atoms with Gasteiger partial charge in [0.1, 0.15) is 16.6 Å². The summed E-state index contributed by atoms with van der Waals surface area (Å²) in [5.74, 6) is 0.269. The molecule has 29 heavy (non-hydrogen) atoms. The number of nitrogens with one attached hydrogen (secondary N) is 1. The number of hydrogen-bond donors (Lipinski definition) is 1. The van der Waals surface area contributed by atoms with E-state index in [1.807, 2.05) is 0 Å². The first-order valence-corrected chi connectivity index (χ1v) is 11.1. The van der Waals surface area contributed by atoms with Gasteiger partial charge < -0.3 is 9.64 Å². The summed E-state index contributed by atoms with van der Waals surface area (Å²) in [6.07, 6.45) is 1.62. The number of halogens is 1. The maximum Gasteiger partial charge on any atom is 0.410 e. The molecule has 156 valence electrons. The SMILES string of the molecule is CC(C)(C)OC(=O)N1CCC2NS(=O)(=O)N(c3ccc4cnc(Cl)cc4n3)C2C1. The average Bonchev–Trinajstić information content (AvgIpc) is 2.88. The lowest BCUT2D eigenvalue weighted by atomic mass is 10.0. The van der Waals surface area contributed by atoms with Crippen LogP contribution >= 0.6 is 11.6 Å². The first-order valence-electron chi connectivity index (χ1n) is 9.25. The van der Waals surface area contributed by atoms with Gasteiger partial charge in [-0.3, -0.25) is 0 Å². The maximum absolute atomic E-state index is 12.8. The Labute approximate surface area is 174 Å². The monoisotopic (exact) mass is 439 g/mol. The van der Waals surface area contributed by atoms with E-state index in [1.165, 1.54) is 4.31 Å². The number of rotatable bonds is 1. The molecule has 2 aromatic heterocycles. The standard InChI is InChI=1S/C18H22ClN5O4S/c1-18(2,3)28-17(25)23-7-6-12-14(10-23)24(29(26,27)22-12)16-5-4-11-9-20-15(19)8-13(11)21-16/h4-5,8-9,12,14,22H,6-7,10H2,1-3H3. The Bertz CT molecular complexity index is 1070. The Morgan fingerprint density at radius 3 is 2.83 bits per heavy atom. The lowest BCUT2D eigenvalue weighted by Crippen LogP contribution is -2.54. The van der Waals surface area contributed by atoms with E-state index < -0.39 is 27.9 Å². The molecule has 4 rings (SSSR count). The molecule has 2 aliphatic heterocycles. The summed E-state index contributed by atoms with van der Waals surface area (Å²) in [4.78, 5) is 22.5. The zero-order valence-corrected chi connectivity index (χ0v) is 17.9. The number of nitrogens with zero attached hydrogens (tertiary/aromatic N) is 4. The molecule has 2 aliphatic rings. The van der Waals surface area contributed by atoms with Crippen molar-refractivity contribution in [3.63, 3.8) is 0 Å². The molecule has 0 spiro atoms. The predicted molar refractivity (Wildman–Crippen MR) is 109 cm³/mol. The molecule has 0 aliphatic carbocycles. The molecular formula is C18H22ClN5O4S. The van der Waals surface area contributed by atoms with Crippen molar-refractivity contribution in [2.45, 2.75) is 44.9 Å². The van der Waals surface area contributed by atoms with Gasteiger partial charge in [-0.05, 0) is 39.3 Å². The van der Waals surface area contributed by atoms with Gasteiger partial charge in [-0.15, -0.1) is 0 Å². The number of carbonyl (C=O) groups is 1. The van der Waals surface area contributed by atoms with Crippen LogP contribution < -0.4 is 9.03 Å². The minimum absolute atomic E-state index is 0.211. The number of pyridine rings is 2. The summed E-state index contributed by atoms with van der Waals surface area (Å²) in [7, 11) is -3.79.